The second-order valence-corrected chi connectivity index (χ2v) is 14.8. The quantitative estimate of drug-likeness (QED) is 0.0731. The highest BCUT2D eigenvalue weighted by Gasteiger charge is 2.31. The van der Waals surface area contributed by atoms with Crippen LogP contribution in [0.15, 0.2) is 66.8 Å². The molecule has 0 radical (unpaired) electrons. The zero-order valence-corrected chi connectivity index (χ0v) is 31.2. The van der Waals surface area contributed by atoms with Crippen LogP contribution in [0.3, 0.4) is 0 Å². The summed E-state index contributed by atoms with van der Waals surface area (Å²) in [6.07, 6.45) is 17.7. The SMILES string of the molecule is C=C(CS)C(=O)OCC(COC(=O)C(=C)COC)c1ccc(-c2ccc(C3CCC(C4CCC(CCCCC)CC4)CC3)cc2)c(CC)c1. The van der Waals surface area contributed by atoms with Crippen molar-refractivity contribution in [2.24, 2.45) is 17.8 Å². The van der Waals surface area contributed by atoms with Crippen molar-refractivity contribution in [2.75, 3.05) is 32.7 Å². The van der Waals surface area contributed by atoms with E-state index in [1.807, 2.05) is 6.07 Å². The Kier molecular flexibility index (Phi) is 16.0. The predicted octanol–water partition coefficient (Wildman–Crippen LogP) is 10.4. The Morgan fingerprint density at radius 2 is 1.43 bits per heavy atom. The molecule has 2 aromatic rings. The first kappa shape index (κ1) is 39.0. The number of benzene rings is 2. The van der Waals surface area contributed by atoms with Crippen molar-refractivity contribution >= 4 is 24.6 Å². The maximum atomic E-state index is 12.5. The van der Waals surface area contributed by atoms with Gasteiger partial charge >= 0.3 is 11.9 Å². The number of thiol groups is 1. The number of esters is 2. The molecular weight excluding hydrogens is 629 g/mol. The van der Waals surface area contributed by atoms with Gasteiger partial charge in [0.1, 0.15) is 13.2 Å². The van der Waals surface area contributed by atoms with E-state index >= 15 is 0 Å². The molecule has 2 aromatic carbocycles. The summed E-state index contributed by atoms with van der Waals surface area (Å²) in [5.41, 5.74) is 6.51. The number of carbonyl (C=O) groups excluding carboxylic acids is 2. The molecular formula is C43H60O5S. The Morgan fingerprint density at radius 3 is 2.00 bits per heavy atom. The van der Waals surface area contributed by atoms with Crippen molar-refractivity contribution in [1.29, 1.82) is 0 Å². The molecule has 0 bridgehead atoms. The molecule has 2 fully saturated rings. The minimum Gasteiger partial charge on any atom is -0.462 e. The molecule has 5 nitrogen and oxygen atoms in total. The van der Waals surface area contributed by atoms with Crippen LogP contribution in [0.5, 0.6) is 0 Å². The topological polar surface area (TPSA) is 61.8 Å². The Morgan fingerprint density at radius 1 is 0.816 bits per heavy atom. The van der Waals surface area contributed by atoms with E-state index in [1.54, 1.807) is 0 Å². The van der Waals surface area contributed by atoms with Gasteiger partial charge in [-0.1, -0.05) is 108 Å². The molecule has 0 amide bonds. The van der Waals surface area contributed by atoms with Crippen LogP contribution < -0.4 is 0 Å². The second-order valence-electron chi connectivity index (χ2n) is 14.5. The summed E-state index contributed by atoms with van der Waals surface area (Å²) in [6, 6.07) is 15.6. The van der Waals surface area contributed by atoms with Gasteiger partial charge in [-0.25, -0.2) is 9.59 Å². The fourth-order valence-corrected chi connectivity index (χ4v) is 8.16. The van der Waals surface area contributed by atoms with Crippen molar-refractivity contribution in [2.45, 2.75) is 109 Å². The third kappa shape index (κ3) is 11.3. The molecule has 1 unspecified atom stereocenters. The summed E-state index contributed by atoms with van der Waals surface area (Å²) >= 11 is 4.13. The minimum absolute atomic E-state index is 0.0436. The summed E-state index contributed by atoms with van der Waals surface area (Å²) in [5.74, 6) is 2.37. The molecule has 4 rings (SSSR count). The summed E-state index contributed by atoms with van der Waals surface area (Å²) in [5, 5.41) is 0. The molecule has 2 aliphatic carbocycles. The van der Waals surface area contributed by atoms with Crippen LogP contribution in [-0.2, 0) is 30.2 Å². The Labute approximate surface area is 301 Å². The van der Waals surface area contributed by atoms with E-state index in [9.17, 15) is 9.59 Å². The monoisotopic (exact) mass is 688 g/mol. The van der Waals surface area contributed by atoms with E-state index in [2.05, 4.69) is 76.0 Å². The maximum absolute atomic E-state index is 12.5. The van der Waals surface area contributed by atoms with Crippen LogP contribution in [-0.4, -0.2) is 44.6 Å². The normalized spacial score (nSPS) is 21.5. The van der Waals surface area contributed by atoms with Gasteiger partial charge in [-0.15, -0.1) is 0 Å². The van der Waals surface area contributed by atoms with Crippen molar-refractivity contribution in [3.63, 3.8) is 0 Å². The van der Waals surface area contributed by atoms with Crippen LogP contribution >= 0.6 is 12.6 Å². The van der Waals surface area contributed by atoms with Gasteiger partial charge in [-0.05, 0) is 96.4 Å². The van der Waals surface area contributed by atoms with E-state index in [1.165, 1.54) is 106 Å². The van der Waals surface area contributed by atoms with E-state index in [-0.39, 0.29) is 42.6 Å². The van der Waals surface area contributed by atoms with Crippen molar-refractivity contribution in [3.8, 4) is 11.1 Å². The lowest BCUT2D eigenvalue weighted by atomic mass is 9.68. The van der Waals surface area contributed by atoms with E-state index in [0.717, 1.165) is 29.7 Å². The molecule has 2 aliphatic rings. The van der Waals surface area contributed by atoms with Crippen LogP contribution in [0.4, 0.5) is 0 Å². The van der Waals surface area contributed by atoms with Gasteiger partial charge in [0.15, 0.2) is 0 Å². The Balaban J connectivity index is 1.37. The highest BCUT2D eigenvalue weighted by Crippen LogP contribution is 2.45. The lowest BCUT2D eigenvalue weighted by molar-refractivity contribution is -0.142. The fraction of sp³-hybridized carbons (Fsp3) is 0.581. The van der Waals surface area contributed by atoms with Crippen LogP contribution in [0.25, 0.3) is 11.1 Å². The molecule has 6 heteroatoms. The van der Waals surface area contributed by atoms with Gasteiger partial charge in [0.25, 0.3) is 0 Å². The highest BCUT2D eigenvalue weighted by molar-refractivity contribution is 7.80. The second kappa shape index (κ2) is 20.1. The molecule has 0 saturated heterocycles. The first-order valence-electron chi connectivity index (χ1n) is 18.8. The Hall–Kier alpha value is -2.83. The van der Waals surface area contributed by atoms with Gasteiger partial charge in [-0.3, -0.25) is 0 Å². The van der Waals surface area contributed by atoms with Crippen molar-refractivity contribution < 1.29 is 23.8 Å². The van der Waals surface area contributed by atoms with E-state index in [0.29, 0.717) is 5.92 Å². The van der Waals surface area contributed by atoms with Crippen molar-refractivity contribution in [3.05, 3.63) is 83.5 Å². The standard InChI is InChI=1S/C43H60O5S/c1-6-8-9-10-32-11-13-34(14-12-32)35-15-17-36(18-16-35)37-19-21-38(22-20-37)41-24-23-39(25-33(41)7-2)40(28-48-43(45)31(4)29-49)27-47-42(44)30(3)26-46-5/h19-25,32,34-36,40,49H,3-4,6-18,26-29H2,1-2,5H3. The number of methoxy groups -OCH3 is 1. The molecule has 1 atom stereocenters. The van der Waals surface area contributed by atoms with Gasteiger partial charge in [-0.2, -0.15) is 12.6 Å². The van der Waals surface area contributed by atoms with Gasteiger partial charge in [0.05, 0.1) is 18.1 Å². The average molecular weight is 689 g/mol. The van der Waals surface area contributed by atoms with E-state index in [4.69, 9.17) is 14.2 Å². The Bertz CT molecular complexity index is 1370. The molecule has 268 valence electrons. The molecule has 49 heavy (non-hydrogen) atoms. The maximum Gasteiger partial charge on any atom is 0.335 e. The molecule has 0 heterocycles. The van der Waals surface area contributed by atoms with Gasteiger partial charge < -0.3 is 14.2 Å². The molecule has 0 N–H and O–H groups in total. The number of aryl methyl sites for hydroxylation is 1. The third-order valence-electron chi connectivity index (χ3n) is 11.1. The molecule has 0 aliphatic heterocycles. The predicted molar refractivity (Wildman–Crippen MR) is 204 cm³/mol. The first-order valence-corrected chi connectivity index (χ1v) is 19.4. The number of hydrogen-bond donors (Lipinski definition) is 1. The van der Waals surface area contributed by atoms with Crippen LogP contribution in [0, 0.1) is 17.8 Å². The number of hydrogen-bond acceptors (Lipinski definition) is 6. The number of rotatable bonds is 18. The first-order chi connectivity index (χ1) is 23.8. The van der Waals surface area contributed by atoms with Crippen LogP contribution in [0.2, 0.25) is 0 Å². The minimum atomic E-state index is -0.529. The average Bonchev–Trinajstić information content (AvgIpc) is 3.14. The number of ether oxygens (including phenoxy) is 3. The zero-order chi connectivity index (χ0) is 35.2. The number of carbonyl (C=O) groups is 2. The lowest BCUT2D eigenvalue weighted by Crippen LogP contribution is -2.25. The largest absolute Gasteiger partial charge is 0.462 e. The third-order valence-corrected chi connectivity index (χ3v) is 11.5. The highest BCUT2D eigenvalue weighted by atomic mass is 32.1. The summed E-state index contributed by atoms with van der Waals surface area (Å²) in [6.45, 7) is 12.1. The summed E-state index contributed by atoms with van der Waals surface area (Å²) in [7, 11) is 1.50. The summed E-state index contributed by atoms with van der Waals surface area (Å²) in [4.78, 5) is 24.8. The smallest absolute Gasteiger partial charge is 0.335 e. The van der Waals surface area contributed by atoms with Crippen LogP contribution in [0.1, 0.15) is 119 Å². The fourth-order valence-electron chi connectivity index (χ4n) is 8.03. The van der Waals surface area contributed by atoms with Gasteiger partial charge in [0, 0.05) is 18.4 Å². The molecule has 2 saturated carbocycles. The van der Waals surface area contributed by atoms with Gasteiger partial charge in [0.2, 0.25) is 0 Å². The van der Waals surface area contributed by atoms with Crippen molar-refractivity contribution in [1.82, 2.24) is 0 Å². The zero-order valence-electron chi connectivity index (χ0n) is 30.4. The molecule has 0 aromatic heterocycles. The molecule has 0 spiro atoms. The lowest BCUT2D eigenvalue weighted by Gasteiger charge is -2.38. The number of unbranched alkanes of at least 4 members (excludes halogenated alkanes) is 2. The van der Waals surface area contributed by atoms with E-state index < -0.39 is 11.9 Å². The summed E-state index contributed by atoms with van der Waals surface area (Å²) < 4.78 is 16.1.